The first-order valence-electron chi connectivity index (χ1n) is 8.59. The van der Waals surface area contributed by atoms with E-state index < -0.39 is 16.7 Å². The van der Waals surface area contributed by atoms with Gasteiger partial charge in [-0.25, -0.2) is 0 Å². The van der Waals surface area contributed by atoms with Crippen LogP contribution in [0.1, 0.15) is 25.0 Å². The first-order valence-corrected chi connectivity index (χ1v) is 8.59. The van der Waals surface area contributed by atoms with Crippen LogP contribution in [0, 0.1) is 17.0 Å². The zero-order chi connectivity index (χ0) is 21.6. The molecule has 0 saturated carbocycles. The summed E-state index contributed by atoms with van der Waals surface area (Å²) in [6, 6.07) is 10.6. The van der Waals surface area contributed by atoms with Gasteiger partial charge in [-0.05, 0) is 36.3 Å². The van der Waals surface area contributed by atoms with Crippen molar-refractivity contribution in [3.8, 4) is 0 Å². The van der Waals surface area contributed by atoms with Crippen LogP contribution in [0.5, 0.6) is 0 Å². The molecule has 0 bridgehead atoms. The average Bonchev–Trinajstić information content (AvgIpc) is 2.63. The van der Waals surface area contributed by atoms with Crippen molar-refractivity contribution in [2.45, 2.75) is 20.8 Å². The van der Waals surface area contributed by atoms with Gasteiger partial charge in [-0.15, -0.1) is 0 Å². The molecule has 2 aromatic rings. The Balaban J connectivity index is 2.32. The van der Waals surface area contributed by atoms with E-state index >= 15 is 0 Å². The number of hydrogen-bond acceptors (Lipinski definition) is 5. The normalized spacial score (nSPS) is 10.8. The van der Waals surface area contributed by atoms with Crippen LogP contribution < -0.4 is 16.0 Å². The second kappa shape index (κ2) is 9.27. The number of anilines is 2. The molecule has 0 aliphatic heterocycles. The zero-order valence-corrected chi connectivity index (χ0v) is 16.1. The molecule has 3 N–H and O–H groups in total. The molecule has 0 aromatic heterocycles. The zero-order valence-electron chi connectivity index (χ0n) is 16.1. The summed E-state index contributed by atoms with van der Waals surface area (Å²) in [5.41, 5.74) is 1.91. The fraction of sp³-hybridized carbons (Fsp3) is 0.150. The summed E-state index contributed by atoms with van der Waals surface area (Å²) in [4.78, 5) is 45.9. The quantitative estimate of drug-likeness (QED) is 0.392. The number of carbonyl (C=O) groups is 3. The maximum Gasteiger partial charge on any atom is 0.272 e. The number of carbonyl (C=O) groups excluding carboxylic acids is 3. The van der Waals surface area contributed by atoms with Crippen LogP contribution in [0.2, 0.25) is 0 Å². The molecule has 0 aliphatic carbocycles. The van der Waals surface area contributed by atoms with Gasteiger partial charge in [0.1, 0.15) is 5.70 Å². The highest BCUT2D eigenvalue weighted by Crippen LogP contribution is 2.21. The number of aryl methyl sites for hydroxylation is 1. The molecule has 0 fully saturated rings. The first kappa shape index (κ1) is 21.3. The Labute approximate surface area is 167 Å². The number of nitrogens with zero attached hydrogens (tertiary/aromatic N) is 1. The molecule has 0 saturated heterocycles. The van der Waals surface area contributed by atoms with Gasteiger partial charge in [0.05, 0.1) is 4.92 Å². The lowest BCUT2D eigenvalue weighted by Crippen LogP contribution is -2.29. The van der Waals surface area contributed by atoms with Crippen molar-refractivity contribution in [2.24, 2.45) is 0 Å². The van der Waals surface area contributed by atoms with E-state index in [4.69, 9.17) is 0 Å². The molecular formula is C20H20N4O5. The molecule has 2 aromatic carbocycles. The number of non-ortho nitro benzene ring substituents is 1. The summed E-state index contributed by atoms with van der Waals surface area (Å²) >= 11 is 0. The number of nitrogens with one attached hydrogen (secondary N) is 3. The van der Waals surface area contributed by atoms with Crippen molar-refractivity contribution in [1.29, 1.82) is 0 Å². The summed E-state index contributed by atoms with van der Waals surface area (Å²) in [6.07, 6.45) is 1.34. The van der Waals surface area contributed by atoms with E-state index in [0.717, 1.165) is 5.56 Å². The molecule has 2 rings (SSSR count). The minimum atomic E-state index is -0.621. The third kappa shape index (κ3) is 6.28. The predicted molar refractivity (Wildman–Crippen MR) is 109 cm³/mol. The van der Waals surface area contributed by atoms with Crippen LogP contribution in [-0.4, -0.2) is 22.6 Å². The minimum absolute atomic E-state index is 0.0837. The molecule has 0 heterocycles. The Hall–Kier alpha value is -4.01. The third-order valence-electron chi connectivity index (χ3n) is 3.75. The Morgan fingerprint density at radius 2 is 1.72 bits per heavy atom. The van der Waals surface area contributed by atoms with Crippen LogP contribution in [0.15, 0.2) is 48.2 Å². The summed E-state index contributed by atoms with van der Waals surface area (Å²) in [7, 11) is 0. The Bertz CT molecular complexity index is 1010. The standard InChI is InChI=1S/C20H20N4O5/c1-12-7-8-16(11-18(12)21-13(2)25)23-20(27)19(22-14(3)26)10-15-5-4-6-17(9-15)24(28)29/h4-11H,1-3H3,(H,21,25)(H,22,26)(H,23,27)/b19-10-. The van der Waals surface area contributed by atoms with Gasteiger partial charge >= 0.3 is 0 Å². The Morgan fingerprint density at radius 3 is 2.34 bits per heavy atom. The SMILES string of the molecule is CC(=O)N/C(=C\c1cccc([N+](=O)[O-])c1)C(=O)Nc1ccc(C)c(NC(C)=O)c1. The minimum Gasteiger partial charge on any atom is -0.326 e. The van der Waals surface area contributed by atoms with Crippen molar-refractivity contribution < 1.29 is 19.3 Å². The van der Waals surface area contributed by atoms with E-state index in [9.17, 15) is 24.5 Å². The smallest absolute Gasteiger partial charge is 0.272 e. The van der Waals surface area contributed by atoms with Crippen molar-refractivity contribution in [3.63, 3.8) is 0 Å². The molecule has 0 spiro atoms. The van der Waals surface area contributed by atoms with Gasteiger partial charge < -0.3 is 16.0 Å². The van der Waals surface area contributed by atoms with Gasteiger partial charge in [-0.2, -0.15) is 0 Å². The Morgan fingerprint density at radius 1 is 1.00 bits per heavy atom. The van der Waals surface area contributed by atoms with Crippen LogP contribution in [0.3, 0.4) is 0 Å². The largest absolute Gasteiger partial charge is 0.326 e. The molecule has 0 aliphatic rings. The molecule has 0 unspecified atom stereocenters. The average molecular weight is 396 g/mol. The van der Waals surface area contributed by atoms with Gasteiger partial charge in [0, 0.05) is 37.4 Å². The van der Waals surface area contributed by atoms with Crippen molar-refractivity contribution in [1.82, 2.24) is 5.32 Å². The van der Waals surface area contributed by atoms with Crippen LogP contribution in [0.4, 0.5) is 17.1 Å². The number of amides is 3. The van der Waals surface area contributed by atoms with Gasteiger partial charge in [0.2, 0.25) is 11.8 Å². The van der Waals surface area contributed by atoms with Crippen molar-refractivity contribution in [3.05, 3.63) is 69.4 Å². The fourth-order valence-corrected chi connectivity index (χ4v) is 2.47. The number of benzene rings is 2. The highest BCUT2D eigenvalue weighted by atomic mass is 16.6. The Kier molecular flexibility index (Phi) is 6.80. The molecule has 9 nitrogen and oxygen atoms in total. The first-order chi connectivity index (χ1) is 13.7. The lowest BCUT2D eigenvalue weighted by Gasteiger charge is -2.12. The van der Waals surface area contributed by atoms with E-state index in [2.05, 4.69) is 16.0 Å². The van der Waals surface area contributed by atoms with E-state index in [1.54, 1.807) is 24.3 Å². The van der Waals surface area contributed by atoms with Crippen molar-refractivity contribution in [2.75, 3.05) is 10.6 Å². The summed E-state index contributed by atoms with van der Waals surface area (Å²) in [6.45, 7) is 4.43. The van der Waals surface area contributed by atoms with Crippen LogP contribution in [-0.2, 0) is 14.4 Å². The van der Waals surface area contributed by atoms with Gasteiger partial charge in [0.25, 0.3) is 11.6 Å². The summed E-state index contributed by atoms with van der Waals surface area (Å²) in [5, 5.41) is 18.7. The molecule has 3 amide bonds. The number of nitro benzene ring substituents is 1. The second-order valence-corrected chi connectivity index (χ2v) is 6.26. The van der Waals surface area contributed by atoms with Gasteiger partial charge in [-0.1, -0.05) is 18.2 Å². The molecule has 150 valence electrons. The maximum atomic E-state index is 12.7. The molecule has 29 heavy (non-hydrogen) atoms. The van der Waals surface area contributed by atoms with E-state index in [1.807, 2.05) is 6.92 Å². The number of rotatable bonds is 6. The summed E-state index contributed by atoms with van der Waals surface area (Å²) in [5.74, 6) is -1.34. The lowest BCUT2D eigenvalue weighted by atomic mass is 10.1. The highest BCUT2D eigenvalue weighted by molar-refractivity contribution is 6.08. The highest BCUT2D eigenvalue weighted by Gasteiger charge is 2.14. The second-order valence-electron chi connectivity index (χ2n) is 6.26. The lowest BCUT2D eigenvalue weighted by molar-refractivity contribution is -0.384. The molecule has 9 heteroatoms. The predicted octanol–water partition coefficient (Wildman–Crippen LogP) is 2.98. The number of nitro groups is 1. The van der Waals surface area contributed by atoms with Crippen molar-refractivity contribution >= 4 is 40.9 Å². The van der Waals surface area contributed by atoms with Gasteiger partial charge in [-0.3, -0.25) is 24.5 Å². The van der Waals surface area contributed by atoms with Crippen LogP contribution in [0.25, 0.3) is 6.08 Å². The third-order valence-corrected chi connectivity index (χ3v) is 3.75. The number of hydrogen-bond donors (Lipinski definition) is 3. The monoisotopic (exact) mass is 396 g/mol. The summed E-state index contributed by atoms with van der Waals surface area (Å²) < 4.78 is 0. The van der Waals surface area contributed by atoms with E-state index in [1.165, 1.54) is 38.1 Å². The van der Waals surface area contributed by atoms with E-state index in [0.29, 0.717) is 16.9 Å². The molecular weight excluding hydrogens is 376 g/mol. The molecule has 0 radical (unpaired) electrons. The maximum absolute atomic E-state index is 12.7. The fourth-order valence-electron chi connectivity index (χ4n) is 2.47. The van der Waals surface area contributed by atoms with E-state index in [-0.39, 0.29) is 17.3 Å². The van der Waals surface area contributed by atoms with Crippen LogP contribution >= 0.6 is 0 Å². The van der Waals surface area contributed by atoms with Gasteiger partial charge in [0.15, 0.2) is 0 Å². The molecule has 0 atom stereocenters. The topological polar surface area (TPSA) is 130 Å².